The van der Waals surface area contributed by atoms with Gasteiger partial charge in [0.05, 0.1) is 37.1 Å². The first kappa shape index (κ1) is 26.7. The van der Waals surface area contributed by atoms with Crippen molar-refractivity contribution in [1.82, 2.24) is 19.9 Å². The maximum absolute atomic E-state index is 12.4. The van der Waals surface area contributed by atoms with Gasteiger partial charge in [0.15, 0.2) is 11.8 Å². The van der Waals surface area contributed by atoms with Crippen molar-refractivity contribution < 1.29 is 33.6 Å². The summed E-state index contributed by atoms with van der Waals surface area (Å²) < 4.78 is 28.3. The van der Waals surface area contributed by atoms with Crippen LogP contribution in [0.3, 0.4) is 0 Å². The second-order valence-electron chi connectivity index (χ2n) is 10.8. The number of aliphatic hydroxyl groups is 1. The number of anilines is 1. The van der Waals surface area contributed by atoms with Gasteiger partial charge in [0.25, 0.3) is 6.01 Å². The van der Waals surface area contributed by atoms with Crippen LogP contribution in [0.15, 0.2) is 30.3 Å². The molecular weight excluding hydrogens is 554 g/mol. The molecule has 3 aromatic rings. The number of piperidine rings is 1. The van der Waals surface area contributed by atoms with E-state index in [4.69, 9.17) is 40.3 Å². The number of aliphatic hydroxyl groups excluding tert-OH is 1. The van der Waals surface area contributed by atoms with E-state index in [-0.39, 0.29) is 37.1 Å². The number of benzene rings is 1. The summed E-state index contributed by atoms with van der Waals surface area (Å²) >= 11 is 6.62. The maximum Gasteiger partial charge on any atom is 0.410 e. The first-order chi connectivity index (χ1) is 20.0. The largest absolute Gasteiger partial charge is 0.456 e. The van der Waals surface area contributed by atoms with Crippen LogP contribution in [-0.2, 0) is 18.9 Å². The van der Waals surface area contributed by atoms with Gasteiger partial charge >= 0.3 is 6.09 Å². The number of aromatic amines is 1. The zero-order chi connectivity index (χ0) is 27.9. The number of carbonyl (C=O) groups is 1. The molecule has 0 aliphatic carbocycles. The molecule has 4 aliphatic rings. The fourth-order valence-corrected chi connectivity index (χ4v) is 6.12. The normalized spacial score (nSPS) is 26.9. The number of aromatic nitrogens is 3. The summed E-state index contributed by atoms with van der Waals surface area (Å²) in [6, 6.07) is 10.2. The Morgan fingerprint density at radius 1 is 1.02 bits per heavy atom. The first-order valence-electron chi connectivity index (χ1n) is 14.0. The molecule has 2 aromatic heterocycles. The molecule has 6 heterocycles. The minimum Gasteiger partial charge on any atom is -0.456 e. The number of ether oxygens (including phenoxy) is 5. The standard InChI is InChI=1S/C28H32ClN5O7/c29-19-13-20-26(32-27(30-20)41-22-15-39-24-21(35)14-38-25(22)24)31-23(19)16-1-3-17(4-2-16)33-7-5-18(6-8-33)40-28(36)34-9-11-37-12-10-34/h1-4,13,18,21-22,24-25,35H,5-12,14-15H2,(H,30,31,32)/t21-,22-,24-,25-/m1/s1. The Morgan fingerprint density at radius 2 is 1.78 bits per heavy atom. The lowest BCUT2D eigenvalue weighted by atomic mass is 10.1. The van der Waals surface area contributed by atoms with Crippen LogP contribution >= 0.6 is 11.6 Å². The van der Waals surface area contributed by atoms with Crippen molar-refractivity contribution in [3.8, 4) is 17.3 Å². The molecule has 4 fully saturated rings. The second-order valence-corrected chi connectivity index (χ2v) is 11.2. The van der Waals surface area contributed by atoms with Gasteiger partial charge in [0.2, 0.25) is 0 Å². The average molecular weight is 586 g/mol. The minimum atomic E-state index is -0.643. The fraction of sp³-hybridized carbons (Fsp3) is 0.536. The van der Waals surface area contributed by atoms with Crippen molar-refractivity contribution in [3.63, 3.8) is 0 Å². The van der Waals surface area contributed by atoms with E-state index in [9.17, 15) is 9.90 Å². The van der Waals surface area contributed by atoms with Gasteiger partial charge in [-0.25, -0.2) is 9.78 Å². The van der Waals surface area contributed by atoms with Crippen LogP contribution in [0.4, 0.5) is 10.5 Å². The number of imidazole rings is 1. The lowest BCUT2D eigenvalue weighted by Gasteiger charge is -2.35. The third kappa shape index (κ3) is 5.42. The summed E-state index contributed by atoms with van der Waals surface area (Å²) in [4.78, 5) is 28.8. The first-order valence-corrected chi connectivity index (χ1v) is 14.4. The van der Waals surface area contributed by atoms with Gasteiger partial charge in [-0.05, 0) is 18.2 Å². The predicted molar refractivity (Wildman–Crippen MR) is 148 cm³/mol. The molecule has 13 heteroatoms. The lowest BCUT2D eigenvalue weighted by molar-refractivity contribution is 0.00705. The number of nitrogens with zero attached hydrogens (tertiary/aromatic N) is 4. The van der Waals surface area contributed by atoms with E-state index in [0.717, 1.165) is 37.2 Å². The molecule has 0 radical (unpaired) electrons. The van der Waals surface area contributed by atoms with E-state index in [2.05, 4.69) is 27.0 Å². The second kappa shape index (κ2) is 11.3. The van der Waals surface area contributed by atoms with Crippen LogP contribution in [0.1, 0.15) is 12.8 Å². The van der Waals surface area contributed by atoms with Gasteiger partial charge in [-0.15, -0.1) is 0 Å². The van der Waals surface area contributed by atoms with Gasteiger partial charge in [-0.1, -0.05) is 23.7 Å². The highest BCUT2D eigenvalue weighted by molar-refractivity contribution is 6.33. The Kier molecular flexibility index (Phi) is 7.34. The van der Waals surface area contributed by atoms with E-state index in [0.29, 0.717) is 60.8 Å². The van der Waals surface area contributed by atoms with Crippen LogP contribution in [-0.4, -0.2) is 114 Å². The Hall–Kier alpha value is -3.16. The number of halogens is 1. The van der Waals surface area contributed by atoms with Crippen molar-refractivity contribution in [3.05, 3.63) is 35.4 Å². The molecule has 0 saturated carbocycles. The van der Waals surface area contributed by atoms with E-state index < -0.39 is 6.10 Å². The number of fused-ring (bicyclic) bond motifs is 2. The maximum atomic E-state index is 12.4. The van der Waals surface area contributed by atoms with Crippen LogP contribution in [0.25, 0.3) is 22.4 Å². The monoisotopic (exact) mass is 585 g/mol. The van der Waals surface area contributed by atoms with Gasteiger partial charge in [-0.3, -0.25) is 4.98 Å². The number of H-pyrrole nitrogens is 1. The van der Waals surface area contributed by atoms with Crippen molar-refractivity contribution in [1.29, 1.82) is 0 Å². The molecule has 2 N–H and O–H groups in total. The van der Waals surface area contributed by atoms with Gasteiger partial charge in [0.1, 0.15) is 29.9 Å². The number of hydrogen-bond donors (Lipinski definition) is 2. The van der Waals surface area contributed by atoms with Crippen LogP contribution < -0.4 is 9.64 Å². The van der Waals surface area contributed by atoms with Gasteiger partial charge < -0.3 is 38.6 Å². The lowest BCUT2D eigenvalue weighted by Crippen LogP contribution is -2.44. The molecule has 218 valence electrons. The Labute approximate surface area is 241 Å². The van der Waals surface area contributed by atoms with Gasteiger partial charge in [-0.2, -0.15) is 4.98 Å². The number of rotatable bonds is 5. The highest BCUT2D eigenvalue weighted by Crippen LogP contribution is 2.33. The number of nitrogens with one attached hydrogen (secondary N) is 1. The van der Waals surface area contributed by atoms with E-state index in [1.165, 1.54) is 0 Å². The number of morpholine rings is 1. The van der Waals surface area contributed by atoms with Crippen molar-refractivity contribution in [2.45, 2.75) is 43.4 Å². The number of hydrogen-bond acceptors (Lipinski definition) is 10. The minimum absolute atomic E-state index is 0.0706. The third-order valence-electron chi connectivity index (χ3n) is 8.13. The molecule has 4 saturated heterocycles. The SMILES string of the molecule is O=C(OC1CCN(c2ccc(-c3nc4[nH]c(O[C@@H]5CO[C@H]6[C@@H]5OC[C@H]6O)nc4cc3Cl)cc2)CC1)N1CCOCC1. The number of amides is 1. The molecule has 1 amide bonds. The summed E-state index contributed by atoms with van der Waals surface area (Å²) in [6.07, 6.45) is -0.468. The quantitative estimate of drug-likeness (QED) is 0.460. The van der Waals surface area contributed by atoms with E-state index in [1.807, 2.05) is 12.1 Å². The molecule has 4 atom stereocenters. The molecule has 0 bridgehead atoms. The van der Waals surface area contributed by atoms with Crippen molar-refractivity contribution in [2.75, 3.05) is 57.5 Å². The van der Waals surface area contributed by atoms with Crippen LogP contribution in [0.2, 0.25) is 5.02 Å². The zero-order valence-corrected chi connectivity index (χ0v) is 23.2. The summed E-state index contributed by atoms with van der Waals surface area (Å²) in [5.41, 5.74) is 3.76. The Balaban J connectivity index is 0.981. The van der Waals surface area contributed by atoms with Crippen LogP contribution in [0.5, 0.6) is 6.01 Å². The van der Waals surface area contributed by atoms with E-state index in [1.54, 1.807) is 11.0 Å². The summed E-state index contributed by atoms with van der Waals surface area (Å²) in [5, 5.41) is 10.4. The Bertz CT molecular complexity index is 1390. The molecule has 7 rings (SSSR count). The molecule has 0 spiro atoms. The highest BCUT2D eigenvalue weighted by atomic mass is 35.5. The summed E-state index contributed by atoms with van der Waals surface area (Å²) in [6.45, 7) is 4.46. The molecule has 0 unspecified atom stereocenters. The van der Waals surface area contributed by atoms with Crippen LogP contribution in [0, 0.1) is 0 Å². The molecule has 4 aliphatic heterocycles. The zero-order valence-electron chi connectivity index (χ0n) is 22.4. The fourth-order valence-electron chi connectivity index (χ4n) is 5.87. The predicted octanol–water partition coefficient (Wildman–Crippen LogP) is 2.62. The average Bonchev–Trinajstić information content (AvgIpc) is 3.70. The van der Waals surface area contributed by atoms with Gasteiger partial charge in [0, 0.05) is 50.3 Å². The Morgan fingerprint density at radius 3 is 2.56 bits per heavy atom. The molecule has 41 heavy (non-hydrogen) atoms. The number of pyridine rings is 1. The number of carbonyl (C=O) groups excluding carboxylic acids is 1. The highest BCUT2D eigenvalue weighted by Gasteiger charge is 2.48. The topological polar surface area (TPSA) is 132 Å². The smallest absolute Gasteiger partial charge is 0.410 e. The molecular formula is C28H32ClN5O7. The van der Waals surface area contributed by atoms with E-state index >= 15 is 0 Å². The van der Waals surface area contributed by atoms with Crippen molar-refractivity contribution in [2.24, 2.45) is 0 Å². The summed E-state index contributed by atoms with van der Waals surface area (Å²) in [5.74, 6) is 0. The molecule has 12 nitrogen and oxygen atoms in total. The third-order valence-corrected chi connectivity index (χ3v) is 8.42. The molecule has 1 aromatic carbocycles. The van der Waals surface area contributed by atoms with Crippen molar-refractivity contribution >= 4 is 34.5 Å². The summed E-state index contributed by atoms with van der Waals surface area (Å²) in [7, 11) is 0.